The first-order chi connectivity index (χ1) is 11.6. The number of amides is 2. The standard InChI is InChI=1S/C18H17ClN2O3/c1-2-24-16-9-11(19)7-8-15(16)21-18(23)13-10-17(22)20-14-6-4-3-5-12(13)14/h3-9,13H,2,10H2,1H3,(H,20,22)(H,21,23). The van der Waals surface area contributed by atoms with Crippen LogP contribution in [0.25, 0.3) is 0 Å². The van der Waals surface area contributed by atoms with Crippen LogP contribution in [0.4, 0.5) is 11.4 Å². The van der Waals surface area contributed by atoms with Crippen LogP contribution in [0.15, 0.2) is 42.5 Å². The molecule has 24 heavy (non-hydrogen) atoms. The molecule has 1 heterocycles. The lowest BCUT2D eigenvalue weighted by Gasteiger charge is -2.25. The van der Waals surface area contributed by atoms with E-state index in [0.717, 1.165) is 5.56 Å². The smallest absolute Gasteiger partial charge is 0.232 e. The third-order valence-corrected chi connectivity index (χ3v) is 4.05. The Morgan fingerprint density at radius 3 is 2.92 bits per heavy atom. The van der Waals surface area contributed by atoms with E-state index in [-0.39, 0.29) is 18.2 Å². The Balaban J connectivity index is 1.87. The van der Waals surface area contributed by atoms with Gasteiger partial charge in [0.25, 0.3) is 0 Å². The Morgan fingerprint density at radius 1 is 1.33 bits per heavy atom. The van der Waals surface area contributed by atoms with Gasteiger partial charge in [-0.15, -0.1) is 0 Å². The van der Waals surface area contributed by atoms with Crippen LogP contribution in [-0.2, 0) is 9.59 Å². The van der Waals surface area contributed by atoms with E-state index >= 15 is 0 Å². The summed E-state index contributed by atoms with van der Waals surface area (Å²) in [6, 6.07) is 12.4. The van der Waals surface area contributed by atoms with E-state index in [2.05, 4.69) is 10.6 Å². The maximum atomic E-state index is 12.7. The van der Waals surface area contributed by atoms with Crippen molar-refractivity contribution in [2.24, 2.45) is 0 Å². The molecule has 3 rings (SSSR count). The van der Waals surface area contributed by atoms with Gasteiger partial charge in [0.2, 0.25) is 11.8 Å². The van der Waals surface area contributed by atoms with Gasteiger partial charge in [0.1, 0.15) is 5.75 Å². The van der Waals surface area contributed by atoms with Gasteiger partial charge in [-0.25, -0.2) is 0 Å². The molecule has 0 bridgehead atoms. The number of benzene rings is 2. The number of ether oxygens (including phenoxy) is 1. The highest BCUT2D eigenvalue weighted by Crippen LogP contribution is 2.34. The molecule has 2 aromatic carbocycles. The molecule has 124 valence electrons. The van der Waals surface area contributed by atoms with E-state index in [1.165, 1.54) is 0 Å². The fraction of sp³-hybridized carbons (Fsp3) is 0.222. The summed E-state index contributed by atoms with van der Waals surface area (Å²) in [7, 11) is 0. The number of carbonyl (C=O) groups excluding carboxylic acids is 2. The normalized spacial score (nSPS) is 16.1. The molecule has 1 unspecified atom stereocenters. The summed E-state index contributed by atoms with van der Waals surface area (Å²) in [5.41, 5.74) is 2.02. The van der Waals surface area contributed by atoms with Crippen LogP contribution in [0.2, 0.25) is 5.02 Å². The number of hydrogen-bond donors (Lipinski definition) is 2. The first-order valence-corrected chi connectivity index (χ1v) is 8.08. The lowest BCUT2D eigenvalue weighted by molar-refractivity contribution is -0.123. The Kier molecular flexibility index (Phi) is 4.71. The van der Waals surface area contributed by atoms with E-state index in [1.54, 1.807) is 24.3 Å². The van der Waals surface area contributed by atoms with Crippen LogP contribution in [0, 0.1) is 0 Å². The average molecular weight is 345 g/mol. The van der Waals surface area contributed by atoms with Crippen LogP contribution >= 0.6 is 11.6 Å². The zero-order chi connectivity index (χ0) is 17.1. The molecule has 0 aromatic heterocycles. The van der Waals surface area contributed by atoms with Gasteiger partial charge in [0, 0.05) is 23.2 Å². The molecule has 0 fully saturated rings. The molecule has 0 spiro atoms. The summed E-state index contributed by atoms with van der Waals surface area (Å²) < 4.78 is 5.52. The largest absolute Gasteiger partial charge is 0.492 e. The van der Waals surface area contributed by atoms with Gasteiger partial charge in [-0.2, -0.15) is 0 Å². The molecule has 1 aliphatic rings. The maximum absolute atomic E-state index is 12.7. The number of anilines is 2. The topological polar surface area (TPSA) is 67.4 Å². The Labute approximate surface area is 145 Å². The predicted molar refractivity (Wildman–Crippen MR) is 93.7 cm³/mol. The van der Waals surface area contributed by atoms with Crippen molar-refractivity contribution in [3.8, 4) is 5.75 Å². The minimum Gasteiger partial charge on any atom is -0.492 e. The first kappa shape index (κ1) is 16.3. The minimum absolute atomic E-state index is 0.112. The SMILES string of the molecule is CCOc1cc(Cl)ccc1NC(=O)C1CC(=O)Nc2ccccc21. The van der Waals surface area contributed by atoms with Gasteiger partial charge in [-0.3, -0.25) is 9.59 Å². The highest BCUT2D eigenvalue weighted by Gasteiger charge is 2.30. The lowest BCUT2D eigenvalue weighted by atomic mass is 9.90. The number of hydrogen-bond acceptors (Lipinski definition) is 3. The Morgan fingerprint density at radius 2 is 2.12 bits per heavy atom. The van der Waals surface area contributed by atoms with Crippen molar-refractivity contribution in [2.45, 2.75) is 19.3 Å². The van der Waals surface area contributed by atoms with Gasteiger partial charge < -0.3 is 15.4 Å². The second kappa shape index (κ2) is 6.93. The number of carbonyl (C=O) groups is 2. The number of nitrogens with one attached hydrogen (secondary N) is 2. The van der Waals surface area contributed by atoms with Crippen LogP contribution in [0.3, 0.4) is 0 Å². The van der Waals surface area contributed by atoms with Gasteiger partial charge in [0.05, 0.1) is 18.2 Å². The van der Waals surface area contributed by atoms with Crippen molar-refractivity contribution in [3.63, 3.8) is 0 Å². The average Bonchev–Trinajstić information content (AvgIpc) is 2.56. The third-order valence-electron chi connectivity index (χ3n) is 3.82. The van der Waals surface area contributed by atoms with Gasteiger partial charge in [-0.1, -0.05) is 29.8 Å². The molecular formula is C18H17ClN2O3. The van der Waals surface area contributed by atoms with E-state index in [9.17, 15) is 9.59 Å². The zero-order valence-electron chi connectivity index (χ0n) is 13.1. The first-order valence-electron chi connectivity index (χ1n) is 7.70. The minimum atomic E-state index is -0.542. The second-order valence-electron chi connectivity index (χ2n) is 5.45. The van der Waals surface area contributed by atoms with Crippen molar-refractivity contribution >= 4 is 34.8 Å². The number of para-hydroxylation sites is 1. The van der Waals surface area contributed by atoms with Crippen LogP contribution in [0.1, 0.15) is 24.8 Å². The summed E-state index contributed by atoms with van der Waals surface area (Å²) in [6.45, 7) is 2.31. The highest BCUT2D eigenvalue weighted by molar-refractivity contribution is 6.30. The molecule has 2 N–H and O–H groups in total. The fourth-order valence-electron chi connectivity index (χ4n) is 2.74. The highest BCUT2D eigenvalue weighted by atomic mass is 35.5. The van der Waals surface area contributed by atoms with Crippen molar-refractivity contribution in [1.82, 2.24) is 0 Å². The monoisotopic (exact) mass is 344 g/mol. The Bertz CT molecular complexity index is 792. The molecule has 6 heteroatoms. The molecule has 2 amide bonds. The molecular weight excluding hydrogens is 328 g/mol. The quantitative estimate of drug-likeness (QED) is 0.886. The van der Waals surface area contributed by atoms with Crippen molar-refractivity contribution in [3.05, 3.63) is 53.1 Å². The van der Waals surface area contributed by atoms with Crippen molar-refractivity contribution in [2.75, 3.05) is 17.2 Å². The summed E-state index contributed by atoms with van der Waals surface area (Å²) in [5.74, 6) is -0.456. The molecule has 1 atom stereocenters. The second-order valence-corrected chi connectivity index (χ2v) is 5.89. The van der Waals surface area contributed by atoms with Crippen LogP contribution in [-0.4, -0.2) is 18.4 Å². The van der Waals surface area contributed by atoms with Crippen LogP contribution in [0.5, 0.6) is 5.75 Å². The summed E-state index contributed by atoms with van der Waals surface area (Å²) >= 11 is 5.98. The van der Waals surface area contributed by atoms with E-state index in [0.29, 0.717) is 28.8 Å². The predicted octanol–water partition coefficient (Wildman–Crippen LogP) is 3.80. The lowest BCUT2D eigenvalue weighted by Crippen LogP contribution is -2.30. The van der Waals surface area contributed by atoms with Crippen LogP contribution < -0.4 is 15.4 Å². The van der Waals surface area contributed by atoms with E-state index in [1.807, 2.05) is 25.1 Å². The molecule has 0 saturated carbocycles. The maximum Gasteiger partial charge on any atom is 0.232 e. The number of fused-ring (bicyclic) bond motifs is 1. The molecule has 0 saturated heterocycles. The van der Waals surface area contributed by atoms with Crippen molar-refractivity contribution in [1.29, 1.82) is 0 Å². The number of halogens is 1. The van der Waals surface area contributed by atoms with E-state index < -0.39 is 5.92 Å². The molecule has 5 nitrogen and oxygen atoms in total. The fourth-order valence-corrected chi connectivity index (χ4v) is 2.90. The molecule has 0 radical (unpaired) electrons. The molecule has 1 aliphatic heterocycles. The zero-order valence-corrected chi connectivity index (χ0v) is 13.9. The summed E-state index contributed by atoms with van der Waals surface area (Å²) in [5, 5.41) is 6.16. The van der Waals surface area contributed by atoms with Crippen molar-refractivity contribution < 1.29 is 14.3 Å². The Hall–Kier alpha value is -2.53. The molecule has 0 aliphatic carbocycles. The molecule has 2 aromatic rings. The van der Waals surface area contributed by atoms with E-state index in [4.69, 9.17) is 16.3 Å². The number of rotatable bonds is 4. The summed E-state index contributed by atoms with van der Waals surface area (Å²) in [4.78, 5) is 24.6. The van der Waals surface area contributed by atoms with Gasteiger partial charge >= 0.3 is 0 Å². The van der Waals surface area contributed by atoms with Gasteiger partial charge in [0.15, 0.2) is 0 Å². The summed E-state index contributed by atoms with van der Waals surface area (Å²) in [6.07, 6.45) is 0.112. The third kappa shape index (κ3) is 3.36. The van der Waals surface area contributed by atoms with Gasteiger partial charge in [-0.05, 0) is 30.7 Å².